The van der Waals surface area contributed by atoms with E-state index in [1.54, 1.807) is 28.9 Å². The molecule has 0 spiro atoms. The molecule has 36 heavy (non-hydrogen) atoms. The number of aliphatic hydroxyl groups is 1. The molecule has 2 aliphatic rings. The number of hydrogen-bond donors (Lipinski definition) is 1. The molecule has 0 bridgehead atoms. The lowest BCUT2D eigenvalue weighted by atomic mass is 10.1. The second kappa shape index (κ2) is 10.7. The number of rotatable bonds is 7. The highest BCUT2D eigenvalue weighted by Gasteiger charge is 2.27. The van der Waals surface area contributed by atoms with Gasteiger partial charge in [0, 0.05) is 51.2 Å². The van der Waals surface area contributed by atoms with Crippen LogP contribution < -0.4 is 0 Å². The molecule has 2 fully saturated rings. The molecule has 0 radical (unpaired) electrons. The number of aromatic nitrogens is 2. The molecule has 3 heterocycles. The highest BCUT2D eigenvalue weighted by molar-refractivity contribution is 7.89. The van der Waals surface area contributed by atoms with E-state index in [2.05, 4.69) is 4.90 Å². The summed E-state index contributed by atoms with van der Waals surface area (Å²) in [7, 11) is -3.55. The summed E-state index contributed by atoms with van der Waals surface area (Å²) in [5.41, 5.74) is 2.17. The molecule has 2 aromatic carbocycles. The number of ether oxygens (including phenoxy) is 1. The van der Waals surface area contributed by atoms with Crippen LogP contribution in [0.4, 0.5) is 0 Å². The molecule has 10 nitrogen and oxygen atoms in total. The molecule has 0 aliphatic carbocycles. The standard InChI is InChI=1S/C25H31N5O5S/c31-16-13-27-9-11-28(12-10-27)25(32)24-22-3-1-2-4-23(22)30(26-24)19-20-5-7-21(8-6-20)36(33,34)29-14-17-35-18-15-29/h1-8,31H,9-19H2. The quantitative estimate of drug-likeness (QED) is 0.499. The molecule has 3 aromatic rings. The first-order valence-corrected chi connectivity index (χ1v) is 13.7. The second-order valence-corrected chi connectivity index (χ2v) is 11.0. The van der Waals surface area contributed by atoms with E-state index < -0.39 is 10.0 Å². The summed E-state index contributed by atoms with van der Waals surface area (Å²) in [6.45, 7) is 5.32. The highest BCUT2D eigenvalue weighted by Crippen LogP contribution is 2.23. The Kier molecular flexibility index (Phi) is 7.35. The van der Waals surface area contributed by atoms with E-state index in [0.717, 1.165) is 29.6 Å². The Hall–Kier alpha value is -2.83. The lowest BCUT2D eigenvalue weighted by Crippen LogP contribution is -2.49. The second-order valence-electron chi connectivity index (χ2n) is 9.04. The Labute approximate surface area is 210 Å². The van der Waals surface area contributed by atoms with Gasteiger partial charge in [0.2, 0.25) is 10.0 Å². The lowest BCUT2D eigenvalue weighted by Gasteiger charge is -2.34. The summed E-state index contributed by atoms with van der Waals surface area (Å²) in [6.07, 6.45) is 0. The van der Waals surface area contributed by atoms with Gasteiger partial charge >= 0.3 is 0 Å². The third kappa shape index (κ3) is 5.02. The minimum Gasteiger partial charge on any atom is -0.395 e. The monoisotopic (exact) mass is 513 g/mol. The molecule has 0 atom stereocenters. The van der Waals surface area contributed by atoms with Gasteiger partial charge in [0.15, 0.2) is 5.69 Å². The van der Waals surface area contributed by atoms with Crippen LogP contribution >= 0.6 is 0 Å². The van der Waals surface area contributed by atoms with Gasteiger partial charge in [0.25, 0.3) is 5.91 Å². The Morgan fingerprint density at radius 2 is 1.64 bits per heavy atom. The summed E-state index contributed by atoms with van der Waals surface area (Å²) in [6, 6.07) is 14.5. The van der Waals surface area contributed by atoms with Gasteiger partial charge in [0.1, 0.15) is 0 Å². The first kappa shape index (κ1) is 24.8. The smallest absolute Gasteiger partial charge is 0.275 e. The van der Waals surface area contributed by atoms with Crippen LogP contribution in [0.15, 0.2) is 53.4 Å². The van der Waals surface area contributed by atoms with E-state index in [1.165, 1.54) is 4.31 Å². The van der Waals surface area contributed by atoms with Crippen molar-refractivity contribution in [1.82, 2.24) is 23.9 Å². The Balaban J connectivity index is 1.35. The first-order valence-electron chi connectivity index (χ1n) is 12.2. The number of aliphatic hydroxyl groups excluding tert-OH is 1. The summed E-state index contributed by atoms with van der Waals surface area (Å²) in [5, 5.41) is 14.6. The van der Waals surface area contributed by atoms with Crippen molar-refractivity contribution in [2.75, 3.05) is 65.6 Å². The summed E-state index contributed by atoms with van der Waals surface area (Å²) in [4.78, 5) is 17.6. The van der Waals surface area contributed by atoms with Crippen molar-refractivity contribution in [3.63, 3.8) is 0 Å². The number of amides is 1. The number of morpholine rings is 1. The average molecular weight is 514 g/mol. The van der Waals surface area contributed by atoms with Crippen molar-refractivity contribution < 1.29 is 23.1 Å². The zero-order chi connectivity index (χ0) is 25.1. The Morgan fingerprint density at radius 1 is 0.944 bits per heavy atom. The number of carbonyl (C=O) groups is 1. The number of para-hydroxylation sites is 1. The van der Waals surface area contributed by atoms with E-state index in [0.29, 0.717) is 58.2 Å². The zero-order valence-electron chi connectivity index (χ0n) is 20.1. The molecule has 192 valence electrons. The number of hydrogen-bond acceptors (Lipinski definition) is 7. The molecule has 2 aliphatic heterocycles. The molecule has 11 heteroatoms. The van der Waals surface area contributed by atoms with E-state index in [9.17, 15) is 13.2 Å². The van der Waals surface area contributed by atoms with Crippen LogP contribution in [-0.4, -0.2) is 109 Å². The van der Waals surface area contributed by atoms with Crippen molar-refractivity contribution >= 4 is 26.8 Å². The first-order chi connectivity index (χ1) is 17.5. The fourth-order valence-electron chi connectivity index (χ4n) is 4.75. The van der Waals surface area contributed by atoms with Gasteiger partial charge in [0.05, 0.1) is 36.8 Å². The molecule has 1 N–H and O–H groups in total. The van der Waals surface area contributed by atoms with Crippen LogP contribution in [0, 0.1) is 0 Å². The molecule has 1 aromatic heterocycles. The van der Waals surface area contributed by atoms with Gasteiger partial charge in [-0.15, -0.1) is 0 Å². The Bertz CT molecular complexity index is 1310. The van der Waals surface area contributed by atoms with E-state index in [1.807, 2.05) is 29.2 Å². The minimum atomic E-state index is -3.55. The van der Waals surface area contributed by atoms with Crippen LogP contribution in [0.25, 0.3) is 10.9 Å². The van der Waals surface area contributed by atoms with Crippen molar-refractivity contribution in [2.45, 2.75) is 11.4 Å². The largest absolute Gasteiger partial charge is 0.395 e. The number of carbonyl (C=O) groups excluding carboxylic acids is 1. The third-order valence-corrected chi connectivity index (χ3v) is 8.71. The fraction of sp³-hybridized carbons (Fsp3) is 0.440. The molecule has 0 unspecified atom stereocenters. The summed E-state index contributed by atoms with van der Waals surface area (Å²) >= 11 is 0. The predicted octanol–water partition coefficient (Wildman–Crippen LogP) is 0.856. The SMILES string of the molecule is O=C(c1nn(Cc2ccc(S(=O)(=O)N3CCOCC3)cc2)c2ccccc12)N1CCN(CCO)CC1. The molecule has 1 amide bonds. The highest BCUT2D eigenvalue weighted by atomic mass is 32.2. The van der Waals surface area contributed by atoms with Gasteiger partial charge in [-0.1, -0.05) is 30.3 Å². The number of piperazine rings is 1. The van der Waals surface area contributed by atoms with Gasteiger partial charge in [-0.05, 0) is 23.8 Å². The van der Waals surface area contributed by atoms with Crippen molar-refractivity contribution in [3.8, 4) is 0 Å². The van der Waals surface area contributed by atoms with Crippen LogP contribution in [0.3, 0.4) is 0 Å². The number of fused-ring (bicyclic) bond motifs is 1. The number of benzene rings is 2. The molecule has 0 saturated carbocycles. The molecule has 2 saturated heterocycles. The maximum Gasteiger partial charge on any atom is 0.275 e. The molecule has 5 rings (SSSR count). The average Bonchev–Trinajstić information content (AvgIpc) is 3.28. The van der Waals surface area contributed by atoms with Crippen LogP contribution in [0.1, 0.15) is 16.1 Å². The van der Waals surface area contributed by atoms with E-state index in [-0.39, 0.29) is 17.4 Å². The van der Waals surface area contributed by atoms with Gasteiger partial charge in [-0.2, -0.15) is 9.40 Å². The number of β-amino-alcohol motifs (C(OH)–C–C–N with tert-alkyl or cyclic N) is 1. The predicted molar refractivity (Wildman–Crippen MR) is 134 cm³/mol. The summed E-state index contributed by atoms with van der Waals surface area (Å²) < 4.78 is 34.3. The van der Waals surface area contributed by atoms with Crippen molar-refractivity contribution in [3.05, 3.63) is 59.8 Å². The van der Waals surface area contributed by atoms with Gasteiger partial charge < -0.3 is 14.7 Å². The summed E-state index contributed by atoms with van der Waals surface area (Å²) in [5.74, 6) is -0.0967. The Morgan fingerprint density at radius 3 is 2.33 bits per heavy atom. The molecular formula is C25H31N5O5S. The van der Waals surface area contributed by atoms with Crippen LogP contribution in [0.5, 0.6) is 0 Å². The third-order valence-electron chi connectivity index (χ3n) is 6.80. The van der Waals surface area contributed by atoms with Gasteiger partial charge in [-0.25, -0.2) is 8.42 Å². The number of sulfonamides is 1. The van der Waals surface area contributed by atoms with Crippen molar-refractivity contribution in [2.24, 2.45) is 0 Å². The van der Waals surface area contributed by atoms with Gasteiger partial charge in [-0.3, -0.25) is 14.4 Å². The minimum absolute atomic E-state index is 0.0967. The van der Waals surface area contributed by atoms with Crippen LogP contribution in [-0.2, 0) is 21.3 Å². The fourth-order valence-corrected chi connectivity index (χ4v) is 6.16. The zero-order valence-corrected chi connectivity index (χ0v) is 20.9. The van der Waals surface area contributed by atoms with Crippen LogP contribution in [0.2, 0.25) is 0 Å². The lowest BCUT2D eigenvalue weighted by molar-refractivity contribution is 0.0610. The van der Waals surface area contributed by atoms with E-state index >= 15 is 0 Å². The normalized spacial score (nSPS) is 18.1. The number of nitrogens with zero attached hydrogens (tertiary/aromatic N) is 5. The van der Waals surface area contributed by atoms with E-state index in [4.69, 9.17) is 14.9 Å². The molecular weight excluding hydrogens is 482 g/mol. The maximum absolute atomic E-state index is 13.4. The van der Waals surface area contributed by atoms with Crippen molar-refractivity contribution in [1.29, 1.82) is 0 Å². The maximum atomic E-state index is 13.4. The topological polar surface area (TPSA) is 108 Å².